The Morgan fingerprint density at radius 1 is 1.04 bits per heavy atom. The molecule has 6 nitrogen and oxygen atoms in total. The van der Waals surface area contributed by atoms with E-state index in [1.165, 1.54) is 12.1 Å². The van der Waals surface area contributed by atoms with Crippen LogP contribution in [0.3, 0.4) is 0 Å². The predicted molar refractivity (Wildman–Crippen MR) is 99.4 cm³/mol. The Hall–Kier alpha value is -2.96. The summed E-state index contributed by atoms with van der Waals surface area (Å²) in [6, 6.07) is 9.52. The van der Waals surface area contributed by atoms with Gasteiger partial charge in [0, 0.05) is 37.9 Å². The minimum absolute atomic E-state index is 0.143. The summed E-state index contributed by atoms with van der Waals surface area (Å²) in [5.74, 6) is -0.517. The summed E-state index contributed by atoms with van der Waals surface area (Å²) in [6.07, 6.45) is 2.55. The van der Waals surface area contributed by atoms with E-state index >= 15 is 0 Å². The van der Waals surface area contributed by atoms with Crippen LogP contribution < -0.4 is 4.90 Å². The van der Waals surface area contributed by atoms with E-state index in [9.17, 15) is 19.3 Å². The fourth-order valence-corrected chi connectivity index (χ4v) is 3.88. The molecular formula is C20H20FN3O3. The maximum atomic E-state index is 13.4. The highest BCUT2D eigenvalue weighted by Crippen LogP contribution is 2.30. The van der Waals surface area contributed by atoms with Gasteiger partial charge in [-0.15, -0.1) is 0 Å². The number of hydrogen-bond acceptors (Lipinski definition) is 4. The minimum Gasteiger partial charge on any atom is -0.367 e. The van der Waals surface area contributed by atoms with Crippen molar-refractivity contribution >= 4 is 17.3 Å². The Balaban J connectivity index is 1.65. The van der Waals surface area contributed by atoms with Crippen molar-refractivity contribution < 1.29 is 14.1 Å². The first-order chi connectivity index (χ1) is 13.0. The summed E-state index contributed by atoms with van der Waals surface area (Å²) < 4.78 is 13.4. The van der Waals surface area contributed by atoms with Gasteiger partial charge in [-0.1, -0.05) is 6.07 Å². The van der Waals surface area contributed by atoms with Gasteiger partial charge in [0.05, 0.1) is 4.92 Å². The maximum absolute atomic E-state index is 13.4. The van der Waals surface area contributed by atoms with Crippen molar-refractivity contribution in [2.75, 3.05) is 24.5 Å². The van der Waals surface area contributed by atoms with Gasteiger partial charge in [0.25, 0.3) is 11.6 Å². The van der Waals surface area contributed by atoms with Gasteiger partial charge in [0.15, 0.2) is 0 Å². The maximum Gasteiger partial charge on any atom is 0.282 e. The third-order valence-electron chi connectivity index (χ3n) is 5.35. The molecule has 140 valence electrons. The largest absolute Gasteiger partial charge is 0.367 e. The molecule has 2 aliphatic heterocycles. The predicted octanol–water partition coefficient (Wildman–Crippen LogP) is 3.53. The molecule has 0 spiro atoms. The molecule has 2 heterocycles. The number of anilines is 1. The molecule has 0 atom stereocenters. The Labute approximate surface area is 156 Å². The Morgan fingerprint density at radius 2 is 1.81 bits per heavy atom. The number of benzene rings is 2. The van der Waals surface area contributed by atoms with E-state index in [0.29, 0.717) is 32.6 Å². The number of carbonyl (C=O) groups excluding carboxylic acids is 1. The molecule has 4 rings (SSSR count). The van der Waals surface area contributed by atoms with Gasteiger partial charge in [-0.05, 0) is 54.7 Å². The van der Waals surface area contributed by atoms with E-state index < -0.39 is 4.92 Å². The Kier molecular flexibility index (Phi) is 4.51. The topological polar surface area (TPSA) is 66.7 Å². The van der Waals surface area contributed by atoms with Gasteiger partial charge < -0.3 is 9.80 Å². The molecule has 0 N–H and O–H groups in total. The molecule has 1 amide bonds. The number of nitro groups is 1. The molecule has 0 unspecified atom stereocenters. The molecule has 2 aromatic carbocycles. The molecule has 0 radical (unpaired) electrons. The molecule has 0 aromatic heterocycles. The van der Waals surface area contributed by atoms with Crippen molar-refractivity contribution in [1.82, 2.24) is 4.90 Å². The van der Waals surface area contributed by atoms with E-state index in [1.807, 2.05) is 0 Å². The number of nitro benzene ring substituents is 1. The summed E-state index contributed by atoms with van der Waals surface area (Å²) in [5, 5.41) is 11.4. The highest BCUT2D eigenvalue weighted by Gasteiger charge is 2.28. The molecule has 27 heavy (non-hydrogen) atoms. The standard InChI is InChI=1S/C20H20FN3O3/c21-16-4-3-15-13-23(10-7-14(15)11-16)17-5-6-19(24(26)27)18(12-17)20(25)22-8-1-2-9-22/h3-6,11-12H,1-2,7-10,13H2. The lowest BCUT2D eigenvalue weighted by Gasteiger charge is -2.31. The highest BCUT2D eigenvalue weighted by atomic mass is 19.1. The third-order valence-corrected chi connectivity index (χ3v) is 5.35. The van der Waals surface area contributed by atoms with Crippen LogP contribution in [0.2, 0.25) is 0 Å². The van der Waals surface area contributed by atoms with E-state index in [0.717, 1.165) is 29.7 Å². The van der Waals surface area contributed by atoms with Crippen LogP contribution >= 0.6 is 0 Å². The van der Waals surface area contributed by atoms with Crippen LogP contribution in [-0.2, 0) is 13.0 Å². The van der Waals surface area contributed by atoms with Crippen molar-refractivity contribution in [3.05, 3.63) is 69.0 Å². The number of amides is 1. The lowest BCUT2D eigenvalue weighted by atomic mass is 9.98. The fourth-order valence-electron chi connectivity index (χ4n) is 3.88. The second kappa shape index (κ2) is 6.98. The van der Waals surface area contributed by atoms with Gasteiger partial charge in [-0.3, -0.25) is 14.9 Å². The van der Waals surface area contributed by atoms with Crippen molar-refractivity contribution in [1.29, 1.82) is 0 Å². The SMILES string of the molecule is O=C(c1cc(N2CCc3cc(F)ccc3C2)ccc1[N+](=O)[O-])N1CCCC1. The van der Waals surface area contributed by atoms with Crippen LogP contribution in [0, 0.1) is 15.9 Å². The van der Waals surface area contributed by atoms with Crippen LogP contribution in [0.5, 0.6) is 0 Å². The highest BCUT2D eigenvalue weighted by molar-refractivity contribution is 5.99. The second-order valence-electron chi connectivity index (χ2n) is 7.04. The smallest absolute Gasteiger partial charge is 0.282 e. The molecular weight excluding hydrogens is 349 g/mol. The van der Waals surface area contributed by atoms with Crippen molar-refractivity contribution in [3.8, 4) is 0 Å². The van der Waals surface area contributed by atoms with E-state index in [4.69, 9.17) is 0 Å². The van der Waals surface area contributed by atoms with Gasteiger partial charge in [-0.2, -0.15) is 0 Å². The zero-order valence-corrected chi connectivity index (χ0v) is 14.9. The minimum atomic E-state index is -0.499. The molecule has 1 fully saturated rings. The summed E-state index contributed by atoms with van der Waals surface area (Å²) in [4.78, 5) is 27.5. The zero-order chi connectivity index (χ0) is 19.0. The second-order valence-corrected chi connectivity index (χ2v) is 7.04. The number of hydrogen-bond donors (Lipinski definition) is 0. The molecule has 7 heteroatoms. The van der Waals surface area contributed by atoms with E-state index in [1.54, 1.807) is 29.2 Å². The fraction of sp³-hybridized carbons (Fsp3) is 0.350. The molecule has 2 aliphatic rings. The number of nitrogens with zero attached hydrogens (tertiary/aromatic N) is 3. The Bertz CT molecular complexity index is 909. The number of rotatable bonds is 3. The van der Waals surface area contributed by atoms with Crippen LogP contribution in [0.25, 0.3) is 0 Å². The quantitative estimate of drug-likeness (QED) is 0.613. The number of carbonyl (C=O) groups is 1. The van der Waals surface area contributed by atoms with Crippen molar-refractivity contribution in [2.45, 2.75) is 25.8 Å². The van der Waals surface area contributed by atoms with Gasteiger partial charge in [0.2, 0.25) is 0 Å². The van der Waals surface area contributed by atoms with Gasteiger partial charge >= 0.3 is 0 Å². The zero-order valence-electron chi connectivity index (χ0n) is 14.9. The average molecular weight is 369 g/mol. The monoisotopic (exact) mass is 369 g/mol. The Morgan fingerprint density at radius 3 is 2.56 bits per heavy atom. The average Bonchev–Trinajstić information content (AvgIpc) is 3.21. The summed E-state index contributed by atoms with van der Waals surface area (Å²) >= 11 is 0. The van der Waals surface area contributed by atoms with Crippen LogP contribution in [0.1, 0.15) is 34.3 Å². The number of fused-ring (bicyclic) bond motifs is 1. The van der Waals surface area contributed by atoms with Gasteiger partial charge in [-0.25, -0.2) is 4.39 Å². The third kappa shape index (κ3) is 3.37. The summed E-state index contributed by atoms with van der Waals surface area (Å²) in [5.41, 5.74) is 2.78. The molecule has 0 aliphatic carbocycles. The molecule has 0 bridgehead atoms. The van der Waals surface area contributed by atoms with Crippen LogP contribution in [0.15, 0.2) is 36.4 Å². The molecule has 1 saturated heterocycles. The summed E-state index contributed by atoms with van der Waals surface area (Å²) in [6.45, 7) is 2.54. The lowest BCUT2D eigenvalue weighted by Crippen LogP contribution is -2.31. The first-order valence-electron chi connectivity index (χ1n) is 9.13. The summed E-state index contributed by atoms with van der Waals surface area (Å²) in [7, 11) is 0. The normalized spacial score (nSPS) is 16.3. The first-order valence-corrected chi connectivity index (χ1v) is 9.13. The number of likely N-dealkylation sites (tertiary alicyclic amines) is 1. The van der Waals surface area contributed by atoms with Crippen molar-refractivity contribution in [2.24, 2.45) is 0 Å². The van der Waals surface area contributed by atoms with Crippen molar-refractivity contribution in [3.63, 3.8) is 0 Å². The first kappa shape index (κ1) is 17.5. The van der Waals surface area contributed by atoms with E-state index in [2.05, 4.69) is 4.90 Å². The van der Waals surface area contributed by atoms with E-state index in [-0.39, 0.29) is 23.0 Å². The van der Waals surface area contributed by atoms with Gasteiger partial charge in [0.1, 0.15) is 11.4 Å². The number of halogens is 1. The van der Waals surface area contributed by atoms with Crippen LogP contribution in [-0.4, -0.2) is 35.4 Å². The molecule has 2 aromatic rings. The van der Waals surface area contributed by atoms with Crippen LogP contribution in [0.4, 0.5) is 15.8 Å². The lowest BCUT2D eigenvalue weighted by molar-refractivity contribution is -0.385. The molecule has 0 saturated carbocycles.